The van der Waals surface area contributed by atoms with Gasteiger partial charge in [0.1, 0.15) is 0 Å². The minimum atomic E-state index is 1.08. The third-order valence-corrected chi connectivity index (χ3v) is 0.607. The van der Waals surface area contributed by atoms with Gasteiger partial charge in [-0.2, -0.15) is 36.4 Å². The van der Waals surface area contributed by atoms with Crippen LogP contribution in [0.1, 0.15) is 0 Å². The van der Waals surface area contributed by atoms with Crippen molar-refractivity contribution < 1.29 is 19.2 Å². The van der Waals surface area contributed by atoms with Crippen LogP contribution in [0.5, 0.6) is 0 Å². The van der Waals surface area contributed by atoms with Crippen LogP contribution in [0.25, 0.3) is 0 Å². The first-order valence-corrected chi connectivity index (χ1v) is 3.84. The third-order valence-electron chi connectivity index (χ3n) is 0.607. The van der Waals surface area contributed by atoms with E-state index in [0.29, 0.717) is 0 Å². The fourth-order valence-corrected chi connectivity index (χ4v) is 0.342. The van der Waals surface area contributed by atoms with Crippen molar-refractivity contribution in [3.63, 3.8) is 0 Å². The van der Waals surface area contributed by atoms with Crippen LogP contribution in [0.15, 0.2) is 30.3 Å². The van der Waals surface area contributed by atoms with Crippen molar-refractivity contribution in [2.75, 3.05) is 0 Å². The van der Waals surface area contributed by atoms with Crippen LogP contribution in [-0.4, -0.2) is 0 Å². The zero-order valence-electron chi connectivity index (χ0n) is 4.37. The molecule has 0 aliphatic carbocycles. The molecule has 0 radical (unpaired) electrons. The molecule has 1 aromatic rings. The molecule has 0 heterocycles. The first kappa shape index (κ1) is 7.69. The maximum atomic E-state index is 4.58. The van der Waals surface area contributed by atoms with Gasteiger partial charge in [-0.25, -0.2) is 0 Å². The Morgan fingerprint density at radius 1 is 1.00 bits per heavy atom. The zero-order valence-corrected chi connectivity index (χ0v) is 7.31. The van der Waals surface area contributed by atoms with Gasteiger partial charge < -0.3 is 0 Å². The summed E-state index contributed by atoms with van der Waals surface area (Å²) >= 11 is 1.08. The van der Waals surface area contributed by atoms with Gasteiger partial charge in [0.05, 0.1) is 0 Å². The minimum absolute atomic E-state index is 1.08. The predicted molar refractivity (Wildman–Crippen MR) is 30.2 cm³/mol. The Hall–Kier alpha value is -0.312. The van der Waals surface area contributed by atoms with Crippen LogP contribution < -0.4 is 0 Å². The average molecular weight is 274 g/mol. The molecule has 0 spiro atoms. The maximum Gasteiger partial charge on any atom is -0.171 e. The molecule has 0 N–H and O–H groups in total. The predicted octanol–water partition coefficient (Wildman–Crippen LogP) is 1.61. The van der Waals surface area contributed by atoms with Gasteiger partial charge in [0.25, 0.3) is 0 Å². The smallest absolute Gasteiger partial charge is 0.171 e. The largest absolute Gasteiger partial charge is 0.184 e. The molecule has 0 nitrogen and oxygen atoms in total. The van der Waals surface area contributed by atoms with Crippen LogP contribution in [-0.2, 0) is 19.2 Å². The molecule has 0 aromatic heterocycles. The van der Waals surface area contributed by atoms with Crippen LogP contribution in [0, 0.1) is 10.8 Å². The van der Waals surface area contributed by atoms with Gasteiger partial charge >= 0.3 is 23.9 Å². The number of hydrogen-bond donors (Lipinski definition) is 0. The quantitative estimate of drug-likeness (QED) is 0.630. The molecule has 0 atom stereocenters. The van der Waals surface area contributed by atoms with Gasteiger partial charge in [0.2, 0.25) is 0 Å². The number of hydrogen-bond acceptors (Lipinski definition) is 0. The van der Waals surface area contributed by atoms with E-state index in [4.69, 9.17) is 0 Å². The van der Waals surface area contributed by atoms with Crippen molar-refractivity contribution in [1.29, 1.82) is 0 Å². The summed E-state index contributed by atoms with van der Waals surface area (Å²) in [5.41, 5.74) is 0. The van der Waals surface area contributed by atoms with E-state index in [0.717, 1.165) is 19.2 Å². The Bertz CT molecular complexity index is 105. The van der Waals surface area contributed by atoms with Gasteiger partial charge in [-0.05, 0) is 0 Å². The van der Waals surface area contributed by atoms with Crippen molar-refractivity contribution in [1.82, 2.24) is 0 Å². The van der Waals surface area contributed by atoms with Gasteiger partial charge in [-0.1, -0.05) is 0 Å². The van der Waals surface area contributed by atoms with Gasteiger partial charge in [-0.3, -0.25) is 0 Å². The normalized spacial score (nSPS) is 6.25. The molecule has 0 saturated heterocycles. The fourth-order valence-electron chi connectivity index (χ4n) is 0.342. The van der Waals surface area contributed by atoms with E-state index in [1.165, 1.54) is 0 Å². The summed E-state index contributed by atoms with van der Waals surface area (Å²) in [6.45, 7) is 0. The Kier molecular flexibility index (Phi) is 6.43. The first-order chi connectivity index (χ1) is 4.00. The Balaban J connectivity index is 0.000000222. The average Bonchev–Trinajstić information content (AvgIpc) is 1.96. The molecule has 0 aliphatic heterocycles. The fraction of sp³-hybridized carbons (Fsp3) is 0. The maximum absolute atomic E-state index is 4.58. The van der Waals surface area contributed by atoms with Crippen LogP contribution in [0.2, 0.25) is 0 Å². The summed E-state index contributed by atoms with van der Waals surface area (Å²) in [4.78, 5) is 0. The van der Waals surface area contributed by atoms with E-state index in [1.54, 1.807) is 0 Å². The summed E-state index contributed by atoms with van der Waals surface area (Å²) in [5, 5.41) is 0. The number of rotatable bonds is 0. The monoisotopic (exact) mass is 274 g/mol. The Morgan fingerprint density at radius 3 is 1.62 bits per heavy atom. The molecule has 0 unspecified atom stereocenters. The van der Waals surface area contributed by atoms with Crippen LogP contribution in [0.3, 0.4) is 0 Å². The van der Waals surface area contributed by atoms with E-state index in [2.05, 4.69) is 10.8 Å². The van der Waals surface area contributed by atoms with Crippen molar-refractivity contribution in [2.45, 2.75) is 0 Å². The third kappa shape index (κ3) is 3.86. The van der Waals surface area contributed by atoms with Crippen LogP contribution in [0.4, 0.5) is 0 Å². The van der Waals surface area contributed by atoms with Gasteiger partial charge in [-0.15, -0.1) is 0 Å². The van der Waals surface area contributed by atoms with Crippen molar-refractivity contribution >= 4 is 0 Å². The van der Waals surface area contributed by atoms with Gasteiger partial charge in [0, 0.05) is 0 Å². The topological polar surface area (TPSA) is 0 Å². The molecule has 8 heavy (non-hydrogen) atoms. The van der Waals surface area contributed by atoms with E-state index >= 15 is 0 Å². The second-order valence-corrected chi connectivity index (χ2v) is 1.08. The van der Waals surface area contributed by atoms with Crippen LogP contribution >= 0.6 is 0 Å². The van der Waals surface area contributed by atoms with Crippen molar-refractivity contribution in [3.05, 3.63) is 36.4 Å². The molecule has 1 heteroatoms. The van der Waals surface area contributed by atoms with Crippen molar-refractivity contribution in [3.8, 4) is 4.71 Å². The summed E-state index contributed by atoms with van der Waals surface area (Å²) in [6, 6.07) is 12.5. The molecular weight excluding hydrogens is 268 g/mol. The molecule has 0 amide bonds. The summed E-state index contributed by atoms with van der Waals surface area (Å²) in [7, 11) is 0. The van der Waals surface area contributed by atoms with Crippen molar-refractivity contribution in [2.24, 2.45) is 0 Å². The summed E-state index contributed by atoms with van der Waals surface area (Å²) < 4.78 is 4.58. The molecule has 0 aliphatic rings. The minimum Gasteiger partial charge on any atom is -0.184 e. The molecule has 0 saturated carbocycles. The van der Waals surface area contributed by atoms with E-state index < -0.39 is 0 Å². The Labute approximate surface area is 60.6 Å². The molecule has 0 fully saturated rings. The number of benzene rings is 1. The Morgan fingerprint density at radius 2 is 1.50 bits per heavy atom. The molecule has 0 bridgehead atoms. The second kappa shape index (κ2) is 6.69. The van der Waals surface area contributed by atoms with Gasteiger partial charge in [0.15, 0.2) is 0 Å². The summed E-state index contributed by atoms with van der Waals surface area (Å²) in [5.74, 6) is 0. The molecule has 1 aromatic carbocycles. The molecule has 1 rings (SSSR count). The van der Waals surface area contributed by atoms with E-state index in [-0.39, 0.29) is 0 Å². The second-order valence-electron chi connectivity index (χ2n) is 1.08. The first-order valence-electron chi connectivity index (χ1n) is 2.15. The SMILES string of the molecule is [CH]#[W+].[c-]1ccccc1. The standard InChI is InChI=1S/C6H5.CH.W/c1-2-4-6-5-3-1;;/h1-5H;1H;/q-1;;+1. The molecular formula is C7H6W. The van der Waals surface area contributed by atoms with E-state index in [9.17, 15) is 0 Å². The zero-order chi connectivity index (χ0) is 6.24. The molecule has 40 valence electrons. The van der Waals surface area contributed by atoms with E-state index in [1.807, 2.05) is 30.3 Å². The summed E-state index contributed by atoms with van der Waals surface area (Å²) in [6.07, 6.45) is 0.